The summed E-state index contributed by atoms with van der Waals surface area (Å²) in [6.07, 6.45) is 3.02. The van der Waals surface area contributed by atoms with Crippen LogP contribution in [-0.2, 0) is 9.59 Å². The van der Waals surface area contributed by atoms with Gasteiger partial charge in [0.2, 0.25) is 11.8 Å². The molecule has 3 atom stereocenters. The first-order chi connectivity index (χ1) is 14.3. The Balaban J connectivity index is 1.62. The number of pyridine rings is 1. The highest BCUT2D eigenvalue weighted by molar-refractivity contribution is 6.01. The summed E-state index contributed by atoms with van der Waals surface area (Å²) in [6.45, 7) is 6.62. The van der Waals surface area contributed by atoms with Gasteiger partial charge in [-0.1, -0.05) is 19.9 Å². The Hall–Kier alpha value is -2.96. The molecular formula is C23H28N4O3. The number of aromatic nitrogens is 1. The molecule has 2 aromatic rings. The second-order valence-corrected chi connectivity index (χ2v) is 8.79. The molecule has 3 amide bonds. The van der Waals surface area contributed by atoms with Crippen LogP contribution in [0, 0.1) is 5.92 Å². The SMILES string of the molecule is CC(=O)N[C@H]1C[C@H]2CN(C(=O)c3ccc4ncccc4c3)[C@@H](CC(C)C)C(=O)N2C1. The van der Waals surface area contributed by atoms with Crippen LogP contribution in [0.5, 0.6) is 0 Å². The van der Waals surface area contributed by atoms with E-state index in [9.17, 15) is 14.4 Å². The number of nitrogens with one attached hydrogen (secondary N) is 1. The number of hydrogen-bond acceptors (Lipinski definition) is 4. The van der Waals surface area contributed by atoms with Crippen LogP contribution in [0.1, 0.15) is 44.0 Å². The van der Waals surface area contributed by atoms with Crippen molar-refractivity contribution in [3.8, 4) is 0 Å². The molecular weight excluding hydrogens is 380 g/mol. The minimum atomic E-state index is -0.477. The molecule has 1 aromatic heterocycles. The van der Waals surface area contributed by atoms with Crippen molar-refractivity contribution in [2.75, 3.05) is 13.1 Å². The topological polar surface area (TPSA) is 82.6 Å². The monoisotopic (exact) mass is 408 g/mol. The van der Waals surface area contributed by atoms with E-state index in [1.165, 1.54) is 6.92 Å². The van der Waals surface area contributed by atoms with Gasteiger partial charge in [-0.05, 0) is 43.0 Å². The fraction of sp³-hybridized carbons (Fsp3) is 0.478. The van der Waals surface area contributed by atoms with E-state index in [1.807, 2.05) is 29.2 Å². The number of hydrogen-bond donors (Lipinski definition) is 1. The van der Waals surface area contributed by atoms with Gasteiger partial charge in [-0.3, -0.25) is 19.4 Å². The molecule has 0 spiro atoms. The first-order valence-corrected chi connectivity index (χ1v) is 10.6. The molecule has 158 valence electrons. The van der Waals surface area contributed by atoms with Crippen molar-refractivity contribution >= 4 is 28.6 Å². The van der Waals surface area contributed by atoms with Gasteiger partial charge in [0.05, 0.1) is 11.6 Å². The van der Waals surface area contributed by atoms with Crippen LogP contribution >= 0.6 is 0 Å². The lowest BCUT2D eigenvalue weighted by Crippen LogP contribution is -2.61. The third kappa shape index (κ3) is 3.88. The van der Waals surface area contributed by atoms with E-state index in [0.29, 0.717) is 31.5 Å². The highest BCUT2D eigenvalue weighted by Gasteiger charge is 2.47. The zero-order chi connectivity index (χ0) is 21.4. The van der Waals surface area contributed by atoms with E-state index in [0.717, 1.165) is 10.9 Å². The summed E-state index contributed by atoms with van der Waals surface area (Å²) in [6, 6.07) is 8.67. The Kier molecular flexibility index (Phi) is 5.45. The molecule has 2 fully saturated rings. The summed E-state index contributed by atoms with van der Waals surface area (Å²) in [5.74, 6) is 0.0510. The van der Waals surface area contributed by atoms with Crippen molar-refractivity contribution in [3.63, 3.8) is 0 Å². The third-order valence-corrected chi connectivity index (χ3v) is 5.98. The van der Waals surface area contributed by atoms with Gasteiger partial charge in [0.1, 0.15) is 6.04 Å². The van der Waals surface area contributed by atoms with E-state index in [4.69, 9.17) is 0 Å². The van der Waals surface area contributed by atoms with Crippen molar-refractivity contribution in [1.82, 2.24) is 20.1 Å². The van der Waals surface area contributed by atoms with Crippen LogP contribution in [0.25, 0.3) is 10.9 Å². The van der Waals surface area contributed by atoms with Crippen molar-refractivity contribution in [2.45, 2.75) is 51.7 Å². The summed E-state index contributed by atoms with van der Waals surface area (Å²) in [5.41, 5.74) is 1.41. The largest absolute Gasteiger partial charge is 0.352 e. The molecule has 4 rings (SSSR count). The lowest BCUT2D eigenvalue weighted by Gasteiger charge is -2.43. The number of amides is 3. The summed E-state index contributed by atoms with van der Waals surface area (Å²) in [5, 5.41) is 3.83. The molecule has 0 bridgehead atoms. The van der Waals surface area contributed by atoms with Gasteiger partial charge < -0.3 is 15.1 Å². The summed E-state index contributed by atoms with van der Waals surface area (Å²) in [7, 11) is 0. The number of carbonyl (C=O) groups is 3. The van der Waals surface area contributed by atoms with Gasteiger partial charge in [0.25, 0.3) is 5.91 Å². The molecule has 0 aliphatic carbocycles. The fourth-order valence-corrected chi connectivity index (χ4v) is 4.70. The number of piperazine rings is 1. The Morgan fingerprint density at radius 3 is 2.77 bits per heavy atom. The standard InChI is InChI=1S/C23H28N4O3/c1-14(2)9-21-23(30)26-12-18(25-15(3)28)11-19(26)13-27(21)22(29)17-6-7-20-16(10-17)5-4-8-24-20/h4-8,10,14,18-19,21H,9,11-13H2,1-3H3,(H,25,28)/t18-,19-,21-/m0/s1. The highest BCUT2D eigenvalue weighted by Crippen LogP contribution is 2.30. The molecule has 7 nitrogen and oxygen atoms in total. The van der Waals surface area contributed by atoms with Gasteiger partial charge in [-0.25, -0.2) is 0 Å². The van der Waals surface area contributed by atoms with Gasteiger partial charge in [0, 0.05) is 43.2 Å². The second-order valence-electron chi connectivity index (χ2n) is 8.79. The van der Waals surface area contributed by atoms with Crippen molar-refractivity contribution in [2.24, 2.45) is 5.92 Å². The van der Waals surface area contributed by atoms with Crippen LogP contribution < -0.4 is 5.32 Å². The maximum Gasteiger partial charge on any atom is 0.254 e. The lowest BCUT2D eigenvalue weighted by atomic mass is 9.96. The average Bonchev–Trinajstić information content (AvgIpc) is 3.10. The molecule has 0 unspecified atom stereocenters. The van der Waals surface area contributed by atoms with Gasteiger partial charge >= 0.3 is 0 Å². The highest BCUT2D eigenvalue weighted by atomic mass is 16.2. The van der Waals surface area contributed by atoms with Gasteiger partial charge in [-0.2, -0.15) is 0 Å². The normalized spacial score (nSPS) is 23.7. The Labute approximate surface area is 176 Å². The van der Waals surface area contributed by atoms with Crippen molar-refractivity contribution in [1.29, 1.82) is 0 Å². The summed E-state index contributed by atoms with van der Waals surface area (Å²) >= 11 is 0. The van der Waals surface area contributed by atoms with E-state index in [1.54, 1.807) is 17.2 Å². The van der Waals surface area contributed by atoms with Crippen LogP contribution in [0.4, 0.5) is 0 Å². The maximum absolute atomic E-state index is 13.5. The summed E-state index contributed by atoms with van der Waals surface area (Å²) < 4.78 is 0. The van der Waals surface area contributed by atoms with E-state index < -0.39 is 6.04 Å². The van der Waals surface area contributed by atoms with E-state index in [2.05, 4.69) is 24.1 Å². The van der Waals surface area contributed by atoms with Crippen LogP contribution in [0.2, 0.25) is 0 Å². The number of carbonyl (C=O) groups excluding carboxylic acids is 3. The maximum atomic E-state index is 13.5. The van der Waals surface area contributed by atoms with Crippen molar-refractivity contribution in [3.05, 3.63) is 42.1 Å². The number of nitrogens with zero attached hydrogens (tertiary/aromatic N) is 3. The zero-order valence-corrected chi connectivity index (χ0v) is 17.7. The van der Waals surface area contributed by atoms with E-state index >= 15 is 0 Å². The number of benzene rings is 1. The molecule has 0 radical (unpaired) electrons. The third-order valence-electron chi connectivity index (χ3n) is 5.98. The quantitative estimate of drug-likeness (QED) is 0.841. The molecule has 2 aliphatic heterocycles. The predicted molar refractivity (Wildman–Crippen MR) is 114 cm³/mol. The molecule has 3 heterocycles. The fourth-order valence-electron chi connectivity index (χ4n) is 4.70. The Morgan fingerprint density at radius 1 is 1.23 bits per heavy atom. The van der Waals surface area contributed by atoms with Crippen molar-refractivity contribution < 1.29 is 14.4 Å². The van der Waals surface area contributed by atoms with E-state index in [-0.39, 0.29) is 35.7 Å². The molecule has 2 aliphatic rings. The lowest BCUT2D eigenvalue weighted by molar-refractivity contribution is -0.142. The number of fused-ring (bicyclic) bond motifs is 2. The van der Waals surface area contributed by atoms with Crippen LogP contribution in [0.3, 0.4) is 0 Å². The second kappa shape index (κ2) is 8.05. The molecule has 2 saturated heterocycles. The molecule has 0 saturated carbocycles. The molecule has 1 N–H and O–H groups in total. The number of rotatable bonds is 4. The van der Waals surface area contributed by atoms with Crippen LogP contribution in [-0.4, -0.2) is 63.7 Å². The Bertz CT molecular complexity index is 989. The first kappa shape index (κ1) is 20.3. The minimum absolute atomic E-state index is 0.0105. The minimum Gasteiger partial charge on any atom is -0.352 e. The van der Waals surface area contributed by atoms with Crippen LogP contribution in [0.15, 0.2) is 36.5 Å². The molecule has 1 aromatic carbocycles. The zero-order valence-electron chi connectivity index (χ0n) is 17.7. The molecule has 7 heteroatoms. The predicted octanol–water partition coefficient (Wildman–Crippen LogP) is 2.21. The Morgan fingerprint density at radius 2 is 2.03 bits per heavy atom. The first-order valence-electron chi connectivity index (χ1n) is 10.6. The smallest absolute Gasteiger partial charge is 0.254 e. The average molecular weight is 409 g/mol. The van der Waals surface area contributed by atoms with Gasteiger partial charge in [-0.15, -0.1) is 0 Å². The van der Waals surface area contributed by atoms with Gasteiger partial charge in [0.15, 0.2) is 0 Å². The summed E-state index contributed by atoms with van der Waals surface area (Å²) in [4.78, 5) is 46.2. The molecule has 30 heavy (non-hydrogen) atoms.